The number of allylic oxidation sites excluding steroid dienone is 1. The molecular weight excluding hydrogens is 336 g/mol. The summed E-state index contributed by atoms with van der Waals surface area (Å²) in [5, 5.41) is 0. The second kappa shape index (κ2) is 7.31. The van der Waals surface area contributed by atoms with Crippen molar-refractivity contribution in [1.82, 2.24) is 0 Å². The van der Waals surface area contributed by atoms with E-state index in [-0.39, 0.29) is 11.5 Å². The number of rotatable bonds is 5. The van der Waals surface area contributed by atoms with E-state index in [9.17, 15) is 9.59 Å². The molecule has 3 rings (SSSR count). The summed E-state index contributed by atoms with van der Waals surface area (Å²) >= 11 is 0. The van der Waals surface area contributed by atoms with Gasteiger partial charge in [0.2, 0.25) is 5.78 Å². The minimum absolute atomic E-state index is 0.197. The monoisotopic (exact) mass is 354 g/mol. The summed E-state index contributed by atoms with van der Waals surface area (Å²) in [6.45, 7) is 1.58. The first-order valence-electron chi connectivity index (χ1n) is 7.99. The third-order valence-electron chi connectivity index (χ3n) is 3.91. The van der Waals surface area contributed by atoms with Crippen LogP contribution in [0.2, 0.25) is 0 Å². The number of hydrogen-bond donors (Lipinski definition) is 0. The fourth-order valence-corrected chi connectivity index (χ4v) is 2.59. The molecule has 1 aliphatic rings. The lowest BCUT2D eigenvalue weighted by Gasteiger charge is -2.12. The van der Waals surface area contributed by atoms with Gasteiger partial charge in [-0.3, -0.25) is 4.79 Å². The van der Waals surface area contributed by atoms with Crippen LogP contribution < -0.4 is 14.2 Å². The largest absolute Gasteiger partial charge is 0.496 e. The minimum atomic E-state index is -0.765. The Balaban J connectivity index is 1.85. The zero-order valence-corrected chi connectivity index (χ0v) is 14.6. The molecule has 0 amide bonds. The Morgan fingerprint density at radius 3 is 2.65 bits per heavy atom. The van der Waals surface area contributed by atoms with Crippen molar-refractivity contribution in [3.05, 3.63) is 59.4 Å². The maximum atomic E-state index is 12.5. The van der Waals surface area contributed by atoms with Crippen molar-refractivity contribution in [2.75, 3.05) is 14.2 Å². The van der Waals surface area contributed by atoms with Crippen molar-refractivity contribution >= 4 is 17.8 Å². The molecule has 1 heterocycles. The Labute approximate surface area is 150 Å². The summed E-state index contributed by atoms with van der Waals surface area (Å²) < 4.78 is 21.1. The van der Waals surface area contributed by atoms with Crippen LogP contribution in [0, 0.1) is 0 Å². The molecule has 0 aliphatic carbocycles. The van der Waals surface area contributed by atoms with Crippen LogP contribution in [0.15, 0.2) is 48.2 Å². The van der Waals surface area contributed by atoms with E-state index in [2.05, 4.69) is 4.74 Å². The predicted molar refractivity (Wildman–Crippen MR) is 94.5 cm³/mol. The van der Waals surface area contributed by atoms with Crippen LogP contribution in [-0.4, -0.2) is 32.1 Å². The van der Waals surface area contributed by atoms with E-state index >= 15 is 0 Å². The van der Waals surface area contributed by atoms with E-state index in [0.717, 1.165) is 5.56 Å². The quantitative estimate of drug-likeness (QED) is 0.606. The molecule has 1 unspecified atom stereocenters. The van der Waals surface area contributed by atoms with Gasteiger partial charge < -0.3 is 18.9 Å². The molecular formula is C20H18O6. The fraction of sp³-hybridized carbons (Fsp3) is 0.200. The van der Waals surface area contributed by atoms with Crippen LogP contribution in [0.5, 0.6) is 17.2 Å². The lowest BCUT2D eigenvalue weighted by molar-refractivity contribution is -0.147. The maximum Gasteiger partial charge on any atom is 0.346 e. The topological polar surface area (TPSA) is 71.1 Å². The first-order chi connectivity index (χ1) is 12.5. The normalized spacial score (nSPS) is 15.2. The van der Waals surface area contributed by atoms with E-state index in [0.29, 0.717) is 22.8 Å². The van der Waals surface area contributed by atoms with E-state index in [4.69, 9.17) is 14.2 Å². The van der Waals surface area contributed by atoms with Crippen molar-refractivity contribution in [2.24, 2.45) is 0 Å². The van der Waals surface area contributed by atoms with Crippen LogP contribution in [-0.2, 0) is 9.53 Å². The summed E-state index contributed by atoms with van der Waals surface area (Å²) in [6, 6.07) is 12.1. The van der Waals surface area contributed by atoms with Crippen LogP contribution >= 0.6 is 0 Å². The summed E-state index contributed by atoms with van der Waals surface area (Å²) in [6.07, 6.45) is 0.873. The number of fused-ring (bicyclic) bond motifs is 1. The molecule has 0 N–H and O–H groups in total. The fourth-order valence-electron chi connectivity index (χ4n) is 2.59. The molecule has 6 nitrogen and oxygen atoms in total. The highest BCUT2D eigenvalue weighted by Gasteiger charge is 2.28. The van der Waals surface area contributed by atoms with Crippen molar-refractivity contribution in [1.29, 1.82) is 0 Å². The summed E-state index contributed by atoms with van der Waals surface area (Å²) in [7, 11) is 2.86. The van der Waals surface area contributed by atoms with Crippen molar-refractivity contribution in [2.45, 2.75) is 13.0 Å². The number of carbonyl (C=O) groups is 2. The first-order valence-corrected chi connectivity index (χ1v) is 7.99. The zero-order chi connectivity index (χ0) is 18.7. The molecule has 2 aromatic carbocycles. The van der Waals surface area contributed by atoms with Gasteiger partial charge in [0, 0.05) is 11.6 Å². The molecule has 0 bridgehead atoms. The van der Waals surface area contributed by atoms with Gasteiger partial charge in [-0.05, 0) is 31.2 Å². The smallest absolute Gasteiger partial charge is 0.346 e. The number of carbonyl (C=O) groups excluding carboxylic acids is 2. The Morgan fingerprint density at radius 1 is 1.15 bits per heavy atom. The Kier molecular flexibility index (Phi) is 4.93. The van der Waals surface area contributed by atoms with E-state index in [1.54, 1.807) is 44.4 Å². The lowest BCUT2D eigenvalue weighted by Crippen LogP contribution is -2.24. The molecule has 1 atom stereocenters. The molecule has 0 fully saturated rings. The van der Waals surface area contributed by atoms with Crippen molar-refractivity contribution in [3.8, 4) is 17.2 Å². The highest BCUT2D eigenvalue weighted by molar-refractivity contribution is 6.14. The number of methoxy groups -OCH3 is 2. The molecule has 0 saturated heterocycles. The van der Waals surface area contributed by atoms with E-state index in [1.165, 1.54) is 7.11 Å². The van der Waals surface area contributed by atoms with Gasteiger partial charge >= 0.3 is 5.97 Å². The second-order valence-corrected chi connectivity index (χ2v) is 5.62. The second-order valence-electron chi connectivity index (χ2n) is 5.62. The highest BCUT2D eigenvalue weighted by Crippen LogP contribution is 2.35. The predicted octanol–water partition coefficient (Wildman–Crippen LogP) is 3.25. The molecule has 0 radical (unpaired) electrons. The van der Waals surface area contributed by atoms with Gasteiger partial charge in [0.05, 0.1) is 19.8 Å². The molecule has 0 aromatic heterocycles. The van der Waals surface area contributed by atoms with Crippen LogP contribution in [0.1, 0.15) is 22.8 Å². The van der Waals surface area contributed by atoms with Gasteiger partial charge in [-0.2, -0.15) is 0 Å². The molecule has 2 aromatic rings. The summed E-state index contributed by atoms with van der Waals surface area (Å²) in [4.78, 5) is 24.0. The highest BCUT2D eigenvalue weighted by atomic mass is 16.6. The average molecular weight is 354 g/mol. The first kappa shape index (κ1) is 17.5. The minimum Gasteiger partial charge on any atom is -0.496 e. The number of ketones is 1. The average Bonchev–Trinajstić information content (AvgIpc) is 2.96. The van der Waals surface area contributed by atoms with Gasteiger partial charge in [-0.15, -0.1) is 0 Å². The number of para-hydroxylation sites is 1. The van der Waals surface area contributed by atoms with Crippen molar-refractivity contribution in [3.63, 3.8) is 0 Å². The molecule has 134 valence electrons. The van der Waals surface area contributed by atoms with Crippen LogP contribution in [0.25, 0.3) is 6.08 Å². The Morgan fingerprint density at radius 2 is 1.92 bits per heavy atom. The molecule has 0 spiro atoms. The standard InChI is InChI=1S/C20H18O6/c1-12(20(22)24-3)25-14-8-9-15-17(11-14)26-18(19(15)21)10-13-6-4-5-7-16(13)23-2/h4-12H,1-3H3/b18-10-. The van der Waals surface area contributed by atoms with Crippen molar-refractivity contribution < 1.29 is 28.5 Å². The SMILES string of the molecule is COC(=O)C(C)Oc1ccc2c(c1)O/C(=C\c1ccccc1OC)C2=O. The summed E-state index contributed by atoms with van der Waals surface area (Å²) in [5.74, 6) is 0.919. The number of benzene rings is 2. The third kappa shape index (κ3) is 3.39. The molecule has 26 heavy (non-hydrogen) atoms. The van der Waals surface area contributed by atoms with Gasteiger partial charge in [0.15, 0.2) is 11.9 Å². The van der Waals surface area contributed by atoms with Gasteiger partial charge in [0.1, 0.15) is 17.2 Å². The number of Topliss-reactive ketones (excluding diaryl/α,β-unsaturated/α-hetero) is 1. The van der Waals surface area contributed by atoms with Gasteiger partial charge in [0.25, 0.3) is 0 Å². The zero-order valence-electron chi connectivity index (χ0n) is 14.6. The molecule has 6 heteroatoms. The van der Waals surface area contributed by atoms with Gasteiger partial charge in [-0.1, -0.05) is 18.2 Å². The van der Waals surface area contributed by atoms with E-state index < -0.39 is 12.1 Å². The molecule has 0 saturated carbocycles. The third-order valence-corrected chi connectivity index (χ3v) is 3.91. The number of esters is 1. The maximum absolute atomic E-state index is 12.5. The Hall–Kier alpha value is -3.28. The Bertz CT molecular complexity index is 884. The van der Waals surface area contributed by atoms with Crippen LogP contribution in [0.3, 0.4) is 0 Å². The molecule has 1 aliphatic heterocycles. The van der Waals surface area contributed by atoms with E-state index in [1.807, 2.05) is 18.2 Å². The number of hydrogen-bond acceptors (Lipinski definition) is 6. The lowest BCUT2D eigenvalue weighted by atomic mass is 10.1. The van der Waals surface area contributed by atoms with Gasteiger partial charge in [-0.25, -0.2) is 4.79 Å². The van der Waals surface area contributed by atoms with Crippen LogP contribution in [0.4, 0.5) is 0 Å². The summed E-state index contributed by atoms with van der Waals surface area (Å²) in [5.41, 5.74) is 1.17. The number of ether oxygens (including phenoxy) is 4.